The molecule has 1 aromatic rings. The topological polar surface area (TPSA) is 82.3 Å². The summed E-state index contributed by atoms with van der Waals surface area (Å²) in [5.74, 6) is 0.629. The van der Waals surface area contributed by atoms with E-state index in [1.165, 1.54) is 0 Å². The zero-order valence-electron chi connectivity index (χ0n) is 11.9. The van der Waals surface area contributed by atoms with Crippen molar-refractivity contribution in [2.24, 2.45) is 0 Å². The fourth-order valence-electron chi connectivity index (χ4n) is 2.50. The number of nitrogens with one attached hydrogen (secondary N) is 1. The van der Waals surface area contributed by atoms with Gasteiger partial charge in [0.15, 0.2) is 6.61 Å². The first-order valence-corrected chi connectivity index (χ1v) is 7.23. The molecule has 2 rings (SSSR count). The number of rotatable bonds is 5. The van der Waals surface area contributed by atoms with Crippen LogP contribution in [-0.2, 0) is 11.2 Å². The second-order valence-electron chi connectivity index (χ2n) is 5.34. The Morgan fingerprint density at radius 2 is 1.95 bits per heavy atom. The second-order valence-corrected chi connectivity index (χ2v) is 5.34. The third-order valence-electron chi connectivity index (χ3n) is 3.65. The summed E-state index contributed by atoms with van der Waals surface area (Å²) in [7, 11) is 0. The van der Waals surface area contributed by atoms with Crippen LogP contribution in [0.4, 0.5) is 0 Å². The first-order chi connectivity index (χ1) is 10.2. The Balaban J connectivity index is 1.78. The third kappa shape index (κ3) is 5.09. The van der Waals surface area contributed by atoms with E-state index in [4.69, 9.17) is 10.00 Å². The van der Waals surface area contributed by atoms with E-state index in [1.54, 1.807) is 12.1 Å². The van der Waals surface area contributed by atoms with Crippen LogP contribution in [0.3, 0.4) is 0 Å². The lowest BCUT2D eigenvalue weighted by Gasteiger charge is -2.26. The van der Waals surface area contributed by atoms with Crippen molar-refractivity contribution in [2.75, 3.05) is 6.61 Å². The predicted octanol–water partition coefficient (Wildman–Crippen LogP) is 1.55. The molecule has 1 amide bonds. The van der Waals surface area contributed by atoms with Gasteiger partial charge in [0.25, 0.3) is 0 Å². The molecule has 0 radical (unpaired) electrons. The van der Waals surface area contributed by atoms with Crippen LogP contribution in [0.5, 0.6) is 5.75 Å². The monoisotopic (exact) mass is 288 g/mol. The molecule has 1 aliphatic rings. The molecule has 5 nitrogen and oxygen atoms in total. The van der Waals surface area contributed by atoms with Gasteiger partial charge in [0.05, 0.1) is 12.5 Å². The number of ether oxygens (including phenoxy) is 1. The van der Waals surface area contributed by atoms with Crippen LogP contribution < -0.4 is 10.1 Å². The molecule has 0 aromatic heterocycles. The van der Waals surface area contributed by atoms with Crippen molar-refractivity contribution >= 4 is 5.91 Å². The first-order valence-electron chi connectivity index (χ1n) is 7.23. The Morgan fingerprint density at radius 3 is 2.57 bits per heavy atom. The molecule has 1 fully saturated rings. The Labute approximate surface area is 124 Å². The smallest absolute Gasteiger partial charge is 0.224 e. The van der Waals surface area contributed by atoms with Crippen LogP contribution in [0.25, 0.3) is 0 Å². The number of nitrogens with zero attached hydrogens (tertiary/aromatic N) is 1. The lowest BCUT2D eigenvalue weighted by molar-refractivity contribution is -0.121. The normalized spacial score (nSPS) is 21.3. The molecule has 112 valence electrons. The van der Waals surface area contributed by atoms with E-state index >= 15 is 0 Å². The predicted molar refractivity (Wildman–Crippen MR) is 77.7 cm³/mol. The van der Waals surface area contributed by atoms with Crippen molar-refractivity contribution in [3.63, 3.8) is 0 Å². The van der Waals surface area contributed by atoms with Gasteiger partial charge in [0.1, 0.15) is 11.8 Å². The molecule has 0 saturated heterocycles. The maximum atomic E-state index is 12.0. The number of benzene rings is 1. The fraction of sp³-hybridized carbons (Fsp3) is 0.500. The van der Waals surface area contributed by atoms with Gasteiger partial charge in [-0.25, -0.2) is 0 Å². The van der Waals surface area contributed by atoms with Gasteiger partial charge in [0, 0.05) is 6.04 Å². The highest BCUT2D eigenvalue weighted by atomic mass is 16.5. The van der Waals surface area contributed by atoms with Gasteiger partial charge in [0.2, 0.25) is 5.91 Å². The zero-order chi connectivity index (χ0) is 15.1. The minimum Gasteiger partial charge on any atom is -0.479 e. The van der Waals surface area contributed by atoms with Crippen LogP contribution in [0.15, 0.2) is 24.3 Å². The van der Waals surface area contributed by atoms with E-state index in [2.05, 4.69) is 5.32 Å². The van der Waals surface area contributed by atoms with Gasteiger partial charge in [-0.15, -0.1) is 0 Å². The Morgan fingerprint density at radius 1 is 1.29 bits per heavy atom. The summed E-state index contributed by atoms with van der Waals surface area (Å²) in [5.41, 5.74) is 0.910. The quantitative estimate of drug-likeness (QED) is 0.861. The lowest BCUT2D eigenvalue weighted by Crippen LogP contribution is -2.39. The fourth-order valence-corrected chi connectivity index (χ4v) is 2.50. The van der Waals surface area contributed by atoms with E-state index in [0.29, 0.717) is 12.2 Å². The van der Waals surface area contributed by atoms with E-state index in [9.17, 15) is 9.90 Å². The van der Waals surface area contributed by atoms with Crippen LogP contribution in [0.2, 0.25) is 0 Å². The largest absolute Gasteiger partial charge is 0.479 e. The molecule has 0 bridgehead atoms. The van der Waals surface area contributed by atoms with Gasteiger partial charge < -0.3 is 15.2 Å². The standard InChI is InChI=1S/C16H20N2O3/c17-9-10-21-15-7-1-12(2-8-15)11-16(20)18-13-3-5-14(19)6-4-13/h1-2,7-8,13-14,19H,3-6,10-11H2,(H,18,20). The highest BCUT2D eigenvalue weighted by Crippen LogP contribution is 2.18. The van der Waals surface area contributed by atoms with Gasteiger partial charge >= 0.3 is 0 Å². The van der Waals surface area contributed by atoms with Crippen LogP contribution in [0.1, 0.15) is 31.2 Å². The molecule has 1 saturated carbocycles. The average molecular weight is 288 g/mol. The molecule has 0 unspecified atom stereocenters. The number of carbonyl (C=O) groups excluding carboxylic acids is 1. The Kier molecular flexibility index (Phi) is 5.59. The second kappa shape index (κ2) is 7.65. The van der Waals surface area contributed by atoms with Crippen molar-refractivity contribution in [1.29, 1.82) is 5.26 Å². The summed E-state index contributed by atoms with van der Waals surface area (Å²) in [6.07, 6.45) is 3.32. The zero-order valence-corrected chi connectivity index (χ0v) is 11.9. The van der Waals surface area contributed by atoms with Crippen molar-refractivity contribution < 1.29 is 14.6 Å². The summed E-state index contributed by atoms with van der Waals surface area (Å²) in [4.78, 5) is 12.0. The molecular weight excluding hydrogens is 268 g/mol. The first kappa shape index (κ1) is 15.3. The number of aliphatic hydroxyl groups excluding tert-OH is 1. The lowest BCUT2D eigenvalue weighted by atomic mass is 9.93. The van der Waals surface area contributed by atoms with Crippen molar-refractivity contribution in [2.45, 2.75) is 44.2 Å². The van der Waals surface area contributed by atoms with E-state index in [-0.39, 0.29) is 24.7 Å². The van der Waals surface area contributed by atoms with Crippen molar-refractivity contribution in [3.8, 4) is 11.8 Å². The van der Waals surface area contributed by atoms with Crippen LogP contribution in [0, 0.1) is 11.3 Å². The number of nitriles is 1. The summed E-state index contributed by atoms with van der Waals surface area (Å²) in [6, 6.07) is 9.27. The number of hydrogen-bond donors (Lipinski definition) is 2. The number of hydrogen-bond acceptors (Lipinski definition) is 4. The highest BCUT2D eigenvalue weighted by Gasteiger charge is 2.20. The van der Waals surface area contributed by atoms with Gasteiger partial charge in [-0.2, -0.15) is 5.26 Å². The molecule has 0 aliphatic heterocycles. The van der Waals surface area contributed by atoms with E-state index in [0.717, 1.165) is 31.2 Å². The SMILES string of the molecule is N#CCOc1ccc(CC(=O)NC2CCC(O)CC2)cc1. The van der Waals surface area contributed by atoms with E-state index < -0.39 is 0 Å². The molecule has 5 heteroatoms. The van der Waals surface area contributed by atoms with Gasteiger partial charge in [-0.3, -0.25) is 4.79 Å². The van der Waals surface area contributed by atoms with Gasteiger partial charge in [-0.1, -0.05) is 12.1 Å². The molecule has 0 atom stereocenters. The van der Waals surface area contributed by atoms with Crippen molar-refractivity contribution in [3.05, 3.63) is 29.8 Å². The van der Waals surface area contributed by atoms with Crippen LogP contribution in [-0.4, -0.2) is 29.8 Å². The van der Waals surface area contributed by atoms with Crippen LogP contribution >= 0.6 is 0 Å². The summed E-state index contributed by atoms with van der Waals surface area (Å²) < 4.78 is 5.16. The average Bonchev–Trinajstić information content (AvgIpc) is 2.49. The Bertz CT molecular complexity index is 499. The highest BCUT2D eigenvalue weighted by molar-refractivity contribution is 5.78. The molecule has 1 aromatic carbocycles. The molecule has 0 spiro atoms. The molecule has 21 heavy (non-hydrogen) atoms. The van der Waals surface area contributed by atoms with E-state index in [1.807, 2.05) is 18.2 Å². The minimum absolute atomic E-state index is 0.00193. The molecule has 0 heterocycles. The molecule has 2 N–H and O–H groups in total. The summed E-state index contributed by atoms with van der Waals surface area (Å²) in [6.45, 7) is 0.0212. The maximum absolute atomic E-state index is 12.0. The third-order valence-corrected chi connectivity index (χ3v) is 3.65. The summed E-state index contributed by atoms with van der Waals surface area (Å²) >= 11 is 0. The number of amides is 1. The molecular formula is C16H20N2O3. The minimum atomic E-state index is -0.209. The Hall–Kier alpha value is -2.06. The summed E-state index contributed by atoms with van der Waals surface area (Å²) in [5, 5.41) is 20.9. The van der Waals surface area contributed by atoms with Crippen molar-refractivity contribution in [1.82, 2.24) is 5.32 Å². The van der Waals surface area contributed by atoms with Gasteiger partial charge in [-0.05, 0) is 43.4 Å². The maximum Gasteiger partial charge on any atom is 0.224 e. The molecule has 1 aliphatic carbocycles. The number of carbonyl (C=O) groups is 1. The number of aliphatic hydroxyl groups is 1.